The van der Waals surface area contributed by atoms with Crippen LogP contribution < -0.4 is 11.3 Å². The second kappa shape index (κ2) is 4.86. The molecule has 7 heteroatoms. The first-order chi connectivity index (χ1) is 9.69. The highest BCUT2D eigenvalue weighted by atomic mass is 16.1. The van der Waals surface area contributed by atoms with Crippen molar-refractivity contribution in [3.05, 3.63) is 51.9 Å². The van der Waals surface area contributed by atoms with Crippen molar-refractivity contribution < 1.29 is 0 Å². The zero-order valence-corrected chi connectivity index (χ0v) is 11.0. The van der Waals surface area contributed by atoms with Gasteiger partial charge in [-0.25, -0.2) is 9.36 Å². The smallest absolute Gasteiger partial charge is 0.281 e. The van der Waals surface area contributed by atoms with Gasteiger partial charge in [0.15, 0.2) is 5.65 Å². The molecule has 102 valence electrons. The predicted octanol–water partition coefficient (Wildman–Crippen LogP) is 0.0320. The van der Waals surface area contributed by atoms with E-state index < -0.39 is 0 Å². The van der Waals surface area contributed by atoms with Crippen LogP contribution in [0.4, 0.5) is 0 Å². The Morgan fingerprint density at radius 3 is 2.90 bits per heavy atom. The van der Waals surface area contributed by atoms with Gasteiger partial charge in [-0.15, -0.1) is 5.10 Å². The first kappa shape index (κ1) is 12.5. The molecule has 0 saturated carbocycles. The van der Waals surface area contributed by atoms with Crippen LogP contribution in [-0.2, 0) is 20.1 Å². The minimum Gasteiger partial charge on any atom is -0.326 e. The number of hydrogen-bond acceptors (Lipinski definition) is 5. The summed E-state index contributed by atoms with van der Waals surface area (Å²) in [6, 6.07) is 7.75. The van der Waals surface area contributed by atoms with Crippen LogP contribution in [0.2, 0.25) is 0 Å². The quantitative estimate of drug-likeness (QED) is 0.725. The van der Waals surface area contributed by atoms with Crippen LogP contribution in [0.15, 0.2) is 35.3 Å². The third kappa shape index (κ3) is 2.08. The van der Waals surface area contributed by atoms with E-state index in [0.29, 0.717) is 24.1 Å². The van der Waals surface area contributed by atoms with Crippen molar-refractivity contribution in [3.8, 4) is 0 Å². The summed E-state index contributed by atoms with van der Waals surface area (Å²) < 4.78 is 2.86. The van der Waals surface area contributed by atoms with Crippen LogP contribution in [-0.4, -0.2) is 24.8 Å². The van der Waals surface area contributed by atoms with Gasteiger partial charge in [0.2, 0.25) is 0 Å². The minimum atomic E-state index is -0.193. The SMILES string of the molecule is Cn1ncc2c(=O)n(Cc3cccc(CN)c3)nnc21. The van der Waals surface area contributed by atoms with Crippen molar-refractivity contribution in [2.24, 2.45) is 12.8 Å². The Morgan fingerprint density at radius 2 is 2.10 bits per heavy atom. The summed E-state index contributed by atoms with van der Waals surface area (Å²) in [4.78, 5) is 12.3. The summed E-state index contributed by atoms with van der Waals surface area (Å²) in [5, 5.41) is 12.5. The molecular weight excluding hydrogens is 256 g/mol. The summed E-state index contributed by atoms with van der Waals surface area (Å²) >= 11 is 0. The number of aryl methyl sites for hydroxylation is 1. The molecule has 0 fully saturated rings. The van der Waals surface area contributed by atoms with Crippen molar-refractivity contribution in [2.75, 3.05) is 0 Å². The number of hydrogen-bond donors (Lipinski definition) is 1. The van der Waals surface area contributed by atoms with E-state index in [1.807, 2.05) is 24.3 Å². The Bertz CT molecular complexity index is 819. The van der Waals surface area contributed by atoms with E-state index in [4.69, 9.17) is 5.73 Å². The highest BCUT2D eigenvalue weighted by molar-refractivity contribution is 5.72. The third-order valence-electron chi connectivity index (χ3n) is 3.18. The average Bonchev–Trinajstić information content (AvgIpc) is 2.84. The maximum absolute atomic E-state index is 12.3. The van der Waals surface area contributed by atoms with Crippen molar-refractivity contribution in [2.45, 2.75) is 13.1 Å². The molecule has 1 aromatic carbocycles. The maximum Gasteiger partial charge on any atom is 0.281 e. The number of nitrogens with zero attached hydrogens (tertiary/aromatic N) is 5. The van der Waals surface area contributed by atoms with Gasteiger partial charge in [-0.05, 0) is 11.1 Å². The topological polar surface area (TPSA) is 91.6 Å². The molecule has 0 atom stereocenters. The van der Waals surface area contributed by atoms with Gasteiger partial charge in [0.1, 0.15) is 5.39 Å². The summed E-state index contributed by atoms with van der Waals surface area (Å²) in [6.07, 6.45) is 1.51. The summed E-state index contributed by atoms with van der Waals surface area (Å²) in [5.74, 6) is 0. The lowest BCUT2D eigenvalue weighted by molar-refractivity contribution is 0.595. The van der Waals surface area contributed by atoms with E-state index in [1.165, 1.54) is 15.6 Å². The van der Waals surface area contributed by atoms with E-state index >= 15 is 0 Å². The lowest BCUT2D eigenvalue weighted by atomic mass is 10.1. The maximum atomic E-state index is 12.3. The predicted molar refractivity (Wildman–Crippen MR) is 74.0 cm³/mol. The molecule has 0 amide bonds. The molecule has 0 bridgehead atoms. The molecular formula is C13H14N6O. The van der Waals surface area contributed by atoms with Crippen LogP contribution in [0.25, 0.3) is 11.0 Å². The van der Waals surface area contributed by atoms with E-state index in [2.05, 4.69) is 15.4 Å². The summed E-state index contributed by atoms with van der Waals surface area (Å²) in [7, 11) is 1.73. The molecule has 0 spiro atoms. The number of benzene rings is 1. The van der Waals surface area contributed by atoms with Gasteiger partial charge in [-0.3, -0.25) is 4.79 Å². The van der Waals surface area contributed by atoms with Crippen LogP contribution in [0, 0.1) is 0 Å². The van der Waals surface area contributed by atoms with Crippen molar-refractivity contribution in [1.29, 1.82) is 0 Å². The lowest BCUT2D eigenvalue weighted by Gasteiger charge is -2.05. The monoisotopic (exact) mass is 270 g/mol. The number of aromatic nitrogens is 5. The number of fused-ring (bicyclic) bond motifs is 1. The molecule has 2 heterocycles. The second-order valence-corrected chi connectivity index (χ2v) is 4.58. The van der Waals surface area contributed by atoms with Crippen LogP contribution in [0.3, 0.4) is 0 Å². The molecule has 0 aliphatic rings. The standard InChI is InChI=1S/C13H14N6O/c1-18-12-11(7-15-18)13(20)19(17-16-12)8-10-4-2-3-9(5-10)6-14/h2-5,7H,6,8,14H2,1H3. The van der Waals surface area contributed by atoms with Crippen LogP contribution in [0.1, 0.15) is 11.1 Å². The van der Waals surface area contributed by atoms with Gasteiger partial charge in [-0.1, -0.05) is 29.5 Å². The number of nitrogens with two attached hydrogens (primary N) is 1. The molecule has 0 aliphatic heterocycles. The Hall–Kier alpha value is -2.54. The Labute approximate surface area is 114 Å². The van der Waals surface area contributed by atoms with E-state index in [0.717, 1.165) is 11.1 Å². The summed E-state index contributed by atoms with van der Waals surface area (Å²) in [6.45, 7) is 0.834. The molecule has 2 aromatic heterocycles. The molecule has 0 aliphatic carbocycles. The molecule has 3 rings (SSSR count). The number of rotatable bonds is 3. The lowest BCUT2D eigenvalue weighted by Crippen LogP contribution is -2.24. The zero-order valence-electron chi connectivity index (χ0n) is 11.0. The second-order valence-electron chi connectivity index (χ2n) is 4.58. The molecule has 2 N–H and O–H groups in total. The van der Waals surface area contributed by atoms with Crippen molar-refractivity contribution in [1.82, 2.24) is 24.8 Å². The van der Waals surface area contributed by atoms with Gasteiger partial charge in [-0.2, -0.15) is 5.10 Å². The fourth-order valence-corrected chi connectivity index (χ4v) is 2.11. The largest absolute Gasteiger partial charge is 0.326 e. The molecule has 0 radical (unpaired) electrons. The van der Waals surface area contributed by atoms with E-state index in [9.17, 15) is 4.79 Å². The fraction of sp³-hybridized carbons (Fsp3) is 0.231. The first-order valence-electron chi connectivity index (χ1n) is 6.22. The van der Waals surface area contributed by atoms with Crippen LogP contribution in [0.5, 0.6) is 0 Å². The van der Waals surface area contributed by atoms with Gasteiger partial charge in [0.05, 0.1) is 12.7 Å². The molecule has 3 aromatic rings. The fourth-order valence-electron chi connectivity index (χ4n) is 2.11. The Morgan fingerprint density at radius 1 is 1.30 bits per heavy atom. The highest BCUT2D eigenvalue weighted by Crippen LogP contribution is 2.07. The van der Waals surface area contributed by atoms with E-state index in [1.54, 1.807) is 7.05 Å². The van der Waals surface area contributed by atoms with Crippen molar-refractivity contribution >= 4 is 11.0 Å². The van der Waals surface area contributed by atoms with Crippen molar-refractivity contribution in [3.63, 3.8) is 0 Å². The average molecular weight is 270 g/mol. The molecule has 0 unspecified atom stereocenters. The normalized spacial score (nSPS) is 11.1. The van der Waals surface area contributed by atoms with E-state index in [-0.39, 0.29) is 5.56 Å². The first-order valence-corrected chi connectivity index (χ1v) is 6.22. The summed E-state index contributed by atoms with van der Waals surface area (Å²) in [5.41, 5.74) is 7.89. The van der Waals surface area contributed by atoms with Gasteiger partial charge in [0.25, 0.3) is 5.56 Å². The van der Waals surface area contributed by atoms with Crippen LogP contribution >= 0.6 is 0 Å². The molecule has 0 saturated heterocycles. The third-order valence-corrected chi connectivity index (χ3v) is 3.18. The minimum absolute atomic E-state index is 0.193. The zero-order chi connectivity index (χ0) is 14.1. The highest BCUT2D eigenvalue weighted by Gasteiger charge is 2.09. The van der Waals surface area contributed by atoms with Gasteiger partial charge < -0.3 is 5.73 Å². The molecule has 7 nitrogen and oxygen atoms in total. The molecule has 20 heavy (non-hydrogen) atoms. The van der Waals surface area contributed by atoms with Gasteiger partial charge in [0, 0.05) is 13.6 Å². The van der Waals surface area contributed by atoms with Gasteiger partial charge >= 0.3 is 0 Å². The Balaban J connectivity index is 2.02. The Kier molecular flexibility index (Phi) is 3.03.